The molecule has 0 fully saturated rings. The number of fused-ring (bicyclic) bond motifs is 1. The molecule has 2 aromatic rings. The van der Waals surface area contributed by atoms with Crippen molar-refractivity contribution in [1.29, 1.82) is 0 Å². The van der Waals surface area contributed by atoms with Gasteiger partial charge in [-0.2, -0.15) is 8.42 Å². The van der Waals surface area contributed by atoms with Crippen molar-refractivity contribution >= 4 is 16.1 Å². The minimum atomic E-state index is -4.06. The zero-order chi connectivity index (χ0) is 21.2. The van der Waals surface area contributed by atoms with Gasteiger partial charge < -0.3 is 14.6 Å². The van der Waals surface area contributed by atoms with E-state index >= 15 is 0 Å². The molecule has 0 saturated heterocycles. The second kappa shape index (κ2) is 8.48. The molecule has 3 atom stereocenters. The average Bonchev–Trinajstić information content (AvgIpc) is 2.66. The molecule has 0 aliphatic carbocycles. The Balaban J connectivity index is 1.72. The molecule has 2 aromatic carbocycles. The van der Waals surface area contributed by atoms with Crippen LogP contribution < -0.4 is 4.74 Å². The molecule has 0 spiro atoms. The quantitative estimate of drug-likeness (QED) is 0.562. The van der Waals surface area contributed by atoms with E-state index in [1.807, 2.05) is 6.92 Å². The molecule has 1 heterocycles. The Hall–Kier alpha value is -2.49. The smallest absolute Gasteiger partial charge is 0.303 e. The highest BCUT2D eigenvalue weighted by Crippen LogP contribution is 2.38. The highest BCUT2D eigenvalue weighted by molar-refractivity contribution is 7.86. The van der Waals surface area contributed by atoms with Crippen LogP contribution in [0.2, 0.25) is 0 Å². The molecule has 0 radical (unpaired) electrons. The van der Waals surface area contributed by atoms with Gasteiger partial charge in [-0.25, -0.2) is 4.39 Å². The molecule has 0 unspecified atom stereocenters. The van der Waals surface area contributed by atoms with Crippen LogP contribution in [-0.2, 0) is 23.8 Å². The number of rotatable bonds is 6. The number of carbonyl (C=O) groups excluding carboxylic acids is 1. The minimum absolute atomic E-state index is 0.0190. The molecular formula is C20H21FO7S. The second-order valence-corrected chi connectivity index (χ2v) is 8.41. The van der Waals surface area contributed by atoms with Crippen molar-refractivity contribution in [2.75, 3.05) is 6.61 Å². The van der Waals surface area contributed by atoms with Crippen molar-refractivity contribution in [3.05, 3.63) is 59.4 Å². The summed E-state index contributed by atoms with van der Waals surface area (Å²) in [5.74, 6) is -0.844. The maximum Gasteiger partial charge on any atom is 0.303 e. The van der Waals surface area contributed by atoms with E-state index < -0.39 is 46.8 Å². The Bertz CT molecular complexity index is 988. The van der Waals surface area contributed by atoms with Gasteiger partial charge in [-0.1, -0.05) is 17.7 Å². The largest absolute Gasteiger partial charge is 0.487 e. The summed E-state index contributed by atoms with van der Waals surface area (Å²) in [4.78, 5) is 11.4. The number of ether oxygens (including phenoxy) is 2. The van der Waals surface area contributed by atoms with E-state index in [1.165, 1.54) is 37.3 Å². The third kappa shape index (κ3) is 5.11. The van der Waals surface area contributed by atoms with Gasteiger partial charge in [0.05, 0.1) is 11.5 Å². The lowest BCUT2D eigenvalue weighted by molar-refractivity contribution is -0.150. The summed E-state index contributed by atoms with van der Waals surface area (Å²) >= 11 is 0. The lowest BCUT2D eigenvalue weighted by atomic mass is 9.96. The topological polar surface area (TPSA) is 99.1 Å². The van der Waals surface area contributed by atoms with Crippen molar-refractivity contribution in [2.24, 2.45) is 0 Å². The first-order valence-electron chi connectivity index (χ1n) is 8.93. The van der Waals surface area contributed by atoms with Crippen LogP contribution in [0.1, 0.15) is 30.6 Å². The number of esters is 1. The average molecular weight is 424 g/mol. The van der Waals surface area contributed by atoms with Crippen LogP contribution >= 0.6 is 0 Å². The van der Waals surface area contributed by atoms with Gasteiger partial charge >= 0.3 is 5.97 Å². The standard InChI is InChI=1S/C20H21FO7S/c1-12-3-6-15(7-4-12)29(24,25)26-11-17(23)20-10-19(27-13(2)22)16-9-14(21)5-8-18(16)28-20/h3-9,17,19-20,23H,10-11H2,1-2H3/t17-,19+,20-/m0/s1. The monoisotopic (exact) mass is 424 g/mol. The van der Waals surface area contributed by atoms with Crippen LogP contribution in [0.5, 0.6) is 5.75 Å². The van der Waals surface area contributed by atoms with E-state index in [-0.39, 0.29) is 17.1 Å². The molecule has 7 nitrogen and oxygen atoms in total. The number of aliphatic hydroxyl groups is 1. The van der Waals surface area contributed by atoms with Gasteiger partial charge in [0.1, 0.15) is 29.9 Å². The van der Waals surface area contributed by atoms with Crippen molar-refractivity contribution in [3.8, 4) is 5.75 Å². The Morgan fingerprint density at radius 1 is 1.28 bits per heavy atom. The molecule has 29 heavy (non-hydrogen) atoms. The molecule has 3 rings (SSSR count). The molecule has 1 N–H and O–H groups in total. The Kier molecular flexibility index (Phi) is 6.21. The van der Waals surface area contributed by atoms with E-state index in [2.05, 4.69) is 0 Å². The van der Waals surface area contributed by atoms with E-state index in [1.54, 1.807) is 12.1 Å². The first kappa shape index (κ1) is 21.2. The van der Waals surface area contributed by atoms with Crippen LogP contribution in [0, 0.1) is 12.7 Å². The SMILES string of the molecule is CC(=O)O[C@@H]1C[C@@H]([C@@H](O)COS(=O)(=O)c2ccc(C)cc2)Oc2ccc(F)cc21. The molecule has 0 saturated carbocycles. The van der Waals surface area contributed by atoms with Gasteiger partial charge in [-0.05, 0) is 37.3 Å². The van der Waals surface area contributed by atoms with E-state index in [0.717, 1.165) is 5.56 Å². The summed E-state index contributed by atoms with van der Waals surface area (Å²) in [6.07, 6.45) is -3.05. The summed E-state index contributed by atoms with van der Waals surface area (Å²) in [7, 11) is -4.06. The third-order valence-electron chi connectivity index (χ3n) is 4.48. The van der Waals surface area contributed by atoms with Gasteiger partial charge in [0, 0.05) is 18.9 Å². The van der Waals surface area contributed by atoms with Gasteiger partial charge in [-0.3, -0.25) is 8.98 Å². The normalized spacial score (nSPS) is 19.7. The number of aryl methyl sites for hydroxylation is 1. The Morgan fingerprint density at radius 2 is 1.97 bits per heavy atom. The van der Waals surface area contributed by atoms with Crippen molar-refractivity contribution < 1.29 is 36.4 Å². The number of carbonyl (C=O) groups is 1. The minimum Gasteiger partial charge on any atom is -0.487 e. The zero-order valence-electron chi connectivity index (χ0n) is 15.9. The van der Waals surface area contributed by atoms with Crippen molar-refractivity contribution in [2.45, 2.75) is 43.5 Å². The van der Waals surface area contributed by atoms with Crippen molar-refractivity contribution in [3.63, 3.8) is 0 Å². The van der Waals surface area contributed by atoms with Crippen LogP contribution in [0.15, 0.2) is 47.4 Å². The molecule has 1 aliphatic heterocycles. The van der Waals surface area contributed by atoms with Crippen LogP contribution in [0.3, 0.4) is 0 Å². The number of hydrogen-bond acceptors (Lipinski definition) is 7. The number of aliphatic hydroxyl groups excluding tert-OH is 1. The summed E-state index contributed by atoms with van der Waals surface area (Å²) in [6, 6.07) is 9.84. The van der Waals surface area contributed by atoms with E-state index in [4.69, 9.17) is 13.7 Å². The molecule has 1 aliphatic rings. The Labute approximate surface area is 168 Å². The van der Waals surface area contributed by atoms with E-state index in [9.17, 15) is 22.7 Å². The number of halogens is 1. The van der Waals surface area contributed by atoms with Gasteiger partial charge in [-0.15, -0.1) is 0 Å². The van der Waals surface area contributed by atoms with Gasteiger partial charge in [0.2, 0.25) is 0 Å². The molecule has 0 aromatic heterocycles. The number of hydrogen-bond donors (Lipinski definition) is 1. The molecule has 9 heteroatoms. The highest BCUT2D eigenvalue weighted by atomic mass is 32.2. The fourth-order valence-electron chi connectivity index (χ4n) is 3.01. The van der Waals surface area contributed by atoms with E-state index in [0.29, 0.717) is 5.56 Å². The first-order chi connectivity index (χ1) is 13.7. The summed E-state index contributed by atoms with van der Waals surface area (Å²) < 4.78 is 54.0. The molecular weight excluding hydrogens is 403 g/mol. The van der Waals surface area contributed by atoms with Gasteiger partial charge in [0.25, 0.3) is 10.1 Å². The highest BCUT2D eigenvalue weighted by Gasteiger charge is 2.35. The third-order valence-corrected chi connectivity index (χ3v) is 5.78. The Morgan fingerprint density at radius 3 is 2.62 bits per heavy atom. The fraction of sp³-hybridized carbons (Fsp3) is 0.350. The van der Waals surface area contributed by atoms with Crippen LogP contribution in [0.4, 0.5) is 4.39 Å². The summed E-state index contributed by atoms with van der Waals surface area (Å²) in [5, 5.41) is 10.4. The maximum absolute atomic E-state index is 13.6. The number of benzene rings is 2. The molecule has 0 amide bonds. The lowest BCUT2D eigenvalue weighted by Crippen LogP contribution is -2.40. The second-order valence-electron chi connectivity index (χ2n) is 6.79. The predicted octanol–water partition coefficient (Wildman–Crippen LogP) is 2.66. The lowest BCUT2D eigenvalue weighted by Gasteiger charge is -2.33. The zero-order valence-corrected chi connectivity index (χ0v) is 16.7. The maximum atomic E-state index is 13.6. The molecule has 0 bridgehead atoms. The fourth-order valence-corrected chi connectivity index (χ4v) is 3.94. The summed E-state index contributed by atoms with van der Waals surface area (Å²) in [5.41, 5.74) is 1.24. The van der Waals surface area contributed by atoms with Crippen LogP contribution in [0.25, 0.3) is 0 Å². The summed E-state index contributed by atoms with van der Waals surface area (Å²) in [6.45, 7) is 2.49. The molecule has 156 valence electrons. The van der Waals surface area contributed by atoms with Gasteiger partial charge in [0.15, 0.2) is 0 Å². The predicted molar refractivity (Wildman–Crippen MR) is 100 cm³/mol. The first-order valence-corrected chi connectivity index (χ1v) is 10.3. The van der Waals surface area contributed by atoms with Crippen LogP contribution in [-0.4, -0.2) is 38.3 Å². The van der Waals surface area contributed by atoms with Crippen molar-refractivity contribution in [1.82, 2.24) is 0 Å².